The molecule has 0 spiro atoms. The van der Waals surface area contributed by atoms with Gasteiger partial charge in [0, 0.05) is 19.8 Å². The van der Waals surface area contributed by atoms with Crippen LogP contribution in [0.15, 0.2) is 47.4 Å². The molecule has 0 bridgehead atoms. The Morgan fingerprint density at radius 1 is 1.07 bits per heavy atom. The third kappa shape index (κ3) is 6.74. The van der Waals surface area contributed by atoms with Gasteiger partial charge in [0.2, 0.25) is 11.8 Å². The van der Waals surface area contributed by atoms with Gasteiger partial charge in [-0.1, -0.05) is 49.6 Å². The second-order valence-corrected chi connectivity index (χ2v) is 12.0. The number of ether oxygens (including phenoxy) is 1. The molecule has 1 fully saturated rings. The van der Waals surface area contributed by atoms with Gasteiger partial charge in [-0.05, 0) is 70.1 Å². The Bertz CT molecular complexity index is 1280. The average molecular weight is 551 g/mol. The summed E-state index contributed by atoms with van der Waals surface area (Å²) in [4.78, 5) is 56.5. The minimum atomic E-state index is -0.845. The van der Waals surface area contributed by atoms with Crippen LogP contribution in [0.2, 0.25) is 0 Å². The van der Waals surface area contributed by atoms with Gasteiger partial charge in [-0.25, -0.2) is 4.79 Å². The molecule has 4 rings (SSSR count). The molecule has 1 aliphatic heterocycles. The number of benzene rings is 1. The summed E-state index contributed by atoms with van der Waals surface area (Å²) < 4.78 is 7.05. The van der Waals surface area contributed by atoms with Crippen molar-refractivity contribution >= 4 is 23.6 Å². The number of amides is 3. The Labute approximate surface area is 236 Å². The van der Waals surface area contributed by atoms with Crippen LogP contribution in [0.3, 0.4) is 0 Å². The Hall–Kier alpha value is -3.62. The van der Waals surface area contributed by atoms with Crippen molar-refractivity contribution in [1.29, 1.82) is 0 Å². The molecule has 0 unspecified atom stereocenters. The lowest BCUT2D eigenvalue weighted by molar-refractivity contribution is -0.131. The first-order valence-electron chi connectivity index (χ1n) is 14.3. The summed E-state index contributed by atoms with van der Waals surface area (Å²) in [5.41, 5.74) is 1.33. The summed E-state index contributed by atoms with van der Waals surface area (Å²) in [7, 11) is 1.52. The zero-order chi connectivity index (χ0) is 29.0. The monoisotopic (exact) mass is 550 g/mol. The maximum absolute atomic E-state index is 14.1. The molecule has 216 valence electrons. The van der Waals surface area contributed by atoms with E-state index in [0.29, 0.717) is 25.2 Å². The fraction of sp³-hybridized carbons (Fsp3) is 0.548. The quantitative estimate of drug-likeness (QED) is 0.559. The smallest absolute Gasteiger partial charge is 0.410 e. The number of nitrogens with zero attached hydrogens (tertiary/aromatic N) is 3. The van der Waals surface area contributed by atoms with Gasteiger partial charge >= 0.3 is 6.09 Å². The number of nitrogens with one attached hydrogen (secondary N) is 1. The molecule has 1 aliphatic carbocycles. The second kappa shape index (κ2) is 12.3. The van der Waals surface area contributed by atoms with Crippen molar-refractivity contribution in [3.05, 3.63) is 64.1 Å². The maximum atomic E-state index is 14.1. The van der Waals surface area contributed by atoms with Gasteiger partial charge in [0.25, 0.3) is 5.56 Å². The van der Waals surface area contributed by atoms with Gasteiger partial charge in [0.1, 0.15) is 23.4 Å². The maximum Gasteiger partial charge on any atom is 0.410 e. The van der Waals surface area contributed by atoms with Crippen molar-refractivity contribution in [3.63, 3.8) is 0 Å². The van der Waals surface area contributed by atoms with Crippen molar-refractivity contribution in [2.45, 2.75) is 90.4 Å². The summed E-state index contributed by atoms with van der Waals surface area (Å²) in [5, 5.41) is 2.98. The van der Waals surface area contributed by atoms with E-state index in [9.17, 15) is 19.2 Å². The molecule has 40 heavy (non-hydrogen) atoms. The van der Waals surface area contributed by atoms with Crippen LogP contribution in [-0.2, 0) is 27.3 Å². The predicted octanol–water partition coefficient (Wildman–Crippen LogP) is 4.11. The Balaban J connectivity index is 1.57. The average Bonchev–Trinajstić information content (AvgIpc) is 3.37. The first-order valence-corrected chi connectivity index (χ1v) is 14.3. The van der Waals surface area contributed by atoms with Crippen LogP contribution in [0.4, 0.5) is 10.5 Å². The van der Waals surface area contributed by atoms with Crippen molar-refractivity contribution < 1.29 is 19.1 Å². The molecule has 2 atom stereocenters. The summed E-state index contributed by atoms with van der Waals surface area (Å²) in [5.74, 6) is -0.726. The van der Waals surface area contributed by atoms with Crippen molar-refractivity contribution in [3.8, 4) is 0 Å². The number of fused-ring (bicyclic) bond motifs is 1. The number of hydrogen-bond acceptors (Lipinski definition) is 5. The van der Waals surface area contributed by atoms with E-state index in [2.05, 4.69) is 5.32 Å². The van der Waals surface area contributed by atoms with Crippen LogP contribution in [-0.4, -0.2) is 58.7 Å². The summed E-state index contributed by atoms with van der Waals surface area (Å²) in [6.07, 6.45) is 6.48. The fourth-order valence-corrected chi connectivity index (χ4v) is 5.52. The number of carbonyl (C=O) groups is 3. The number of anilines is 1. The summed E-state index contributed by atoms with van der Waals surface area (Å²) in [6, 6.07) is 10.0. The highest BCUT2D eigenvalue weighted by molar-refractivity contribution is 6.01. The molecular formula is C31H42N4O5. The van der Waals surface area contributed by atoms with Crippen LogP contribution >= 0.6 is 0 Å². The van der Waals surface area contributed by atoms with Gasteiger partial charge in [-0.15, -0.1) is 0 Å². The normalized spacial score (nSPS) is 17.1. The molecule has 3 amide bonds. The molecule has 9 nitrogen and oxygen atoms in total. The first-order chi connectivity index (χ1) is 19.0. The number of rotatable bonds is 7. The van der Waals surface area contributed by atoms with E-state index in [1.54, 1.807) is 43.4 Å². The lowest BCUT2D eigenvalue weighted by atomic mass is 9.83. The van der Waals surface area contributed by atoms with E-state index in [1.807, 2.05) is 36.4 Å². The number of carbonyl (C=O) groups excluding carboxylic acids is 3. The second-order valence-electron chi connectivity index (χ2n) is 12.0. The van der Waals surface area contributed by atoms with E-state index in [0.717, 1.165) is 43.2 Å². The van der Waals surface area contributed by atoms with E-state index >= 15 is 0 Å². The molecule has 1 aromatic heterocycles. The molecule has 0 radical (unpaired) electrons. The van der Waals surface area contributed by atoms with E-state index < -0.39 is 29.7 Å². The minimum absolute atomic E-state index is 0.0384. The zero-order valence-electron chi connectivity index (χ0n) is 24.3. The summed E-state index contributed by atoms with van der Waals surface area (Å²) in [6.45, 7) is 7.72. The molecule has 9 heteroatoms. The van der Waals surface area contributed by atoms with Gasteiger partial charge in [-0.3, -0.25) is 19.3 Å². The number of likely N-dealkylation sites (N-methyl/N-ethyl adjacent to an activating group) is 1. The molecular weight excluding hydrogens is 508 g/mol. The lowest BCUT2D eigenvalue weighted by Gasteiger charge is -2.34. The van der Waals surface area contributed by atoms with Gasteiger partial charge in [0.15, 0.2) is 0 Å². The molecule has 1 aromatic carbocycles. The molecule has 0 saturated heterocycles. The van der Waals surface area contributed by atoms with E-state index in [4.69, 9.17) is 4.74 Å². The molecule has 1 N–H and O–H groups in total. The number of aromatic nitrogens is 1. The Morgan fingerprint density at radius 3 is 2.40 bits per heavy atom. The lowest BCUT2D eigenvalue weighted by Crippen LogP contribution is -2.57. The molecule has 2 aromatic rings. The molecule has 2 heterocycles. The van der Waals surface area contributed by atoms with Crippen LogP contribution in [0.5, 0.6) is 0 Å². The van der Waals surface area contributed by atoms with Crippen LogP contribution in [0, 0.1) is 5.92 Å². The van der Waals surface area contributed by atoms with Crippen LogP contribution < -0.4 is 15.8 Å². The van der Waals surface area contributed by atoms with E-state index in [1.165, 1.54) is 11.9 Å². The van der Waals surface area contributed by atoms with Gasteiger partial charge in [-0.2, -0.15) is 0 Å². The summed E-state index contributed by atoms with van der Waals surface area (Å²) >= 11 is 0. The fourth-order valence-electron chi connectivity index (χ4n) is 5.52. The highest BCUT2D eigenvalue weighted by Gasteiger charge is 2.39. The van der Waals surface area contributed by atoms with Crippen LogP contribution in [0.25, 0.3) is 0 Å². The molecule has 1 saturated carbocycles. The molecule has 2 aliphatic rings. The minimum Gasteiger partial charge on any atom is -0.444 e. The third-order valence-corrected chi connectivity index (χ3v) is 7.89. The Kier molecular flexibility index (Phi) is 9.01. The van der Waals surface area contributed by atoms with Crippen LogP contribution in [0.1, 0.15) is 70.9 Å². The predicted molar refractivity (Wildman–Crippen MR) is 154 cm³/mol. The number of pyridine rings is 1. The van der Waals surface area contributed by atoms with Gasteiger partial charge in [0.05, 0.1) is 6.54 Å². The topological polar surface area (TPSA) is 101 Å². The standard InChI is InChI=1S/C31H42N4O5/c1-21(33(5)30(39)40-31(2,3)4)27(36)32-25(23-14-10-7-11-15-23)28(37)35-19-17-24-16-18-34(29(38)26(24)35)20-22-12-8-6-9-13-22/h6,8-9,12-13,16,18,21,23,25H,7,10-11,14-15,17,19-20H2,1-5H3,(H,32,36)/t21-,25-/m0/s1. The van der Waals surface area contributed by atoms with E-state index in [-0.39, 0.29) is 17.4 Å². The van der Waals surface area contributed by atoms with Crippen molar-refractivity contribution in [1.82, 2.24) is 14.8 Å². The third-order valence-electron chi connectivity index (χ3n) is 7.89. The van der Waals surface area contributed by atoms with Crippen molar-refractivity contribution in [2.75, 3.05) is 18.5 Å². The SMILES string of the molecule is C[C@@H](C(=O)N[C@H](C(=O)N1CCc2ccn(Cc3ccccc3)c(=O)c21)C1CCCCC1)N(C)C(=O)OC(C)(C)C. The largest absolute Gasteiger partial charge is 0.444 e. The van der Waals surface area contributed by atoms with Crippen molar-refractivity contribution in [2.24, 2.45) is 5.92 Å². The zero-order valence-corrected chi connectivity index (χ0v) is 24.3. The highest BCUT2D eigenvalue weighted by atomic mass is 16.6. The Morgan fingerprint density at radius 2 is 1.75 bits per heavy atom. The highest BCUT2D eigenvalue weighted by Crippen LogP contribution is 2.31. The van der Waals surface area contributed by atoms with Gasteiger partial charge < -0.3 is 19.5 Å². The first kappa shape index (κ1) is 29.4. The number of hydrogen-bond donors (Lipinski definition) is 1.